The van der Waals surface area contributed by atoms with Gasteiger partial charge in [0.05, 0.1) is 10.2 Å². The molecule has 2 aromatic carbocycles. The summed E-state index contributed by atoms with van der Waals surface area (Å²) in [7, 11) is 0. The maximum Gasteiger partial charge on any atom is 0.151 e. The maximum atomic E-state index is 10.00. The molecule has 1 saturated heterocycles. The first-order valence-corrected chi connectivity index (χ1v) is 12.1. The Morgan fingerprint density at radius 1 is 0.970 bits per heavy atom. The zero-order chi connectivity index (χ0) is 22.6. The molecule has 0 radical (unpaired) electrons. The second kappa shape index (κ2) is 9.60. The zero-order valence-electron chi connectivity index (χ0n) is 18.6. The van der Waals surface area contributed by atoms with Gasteiger partial charge in [0.15, 0.2) is 5.82 Å². The van der Waals surface area contributed by atoms with E-state index in [0.29, 0.717) is 0 Å². The lowest BCUT2D eigenvalue weighted by Gasteiger charge is -2.35. The molecule has 4 aromatic rings. The number of thiophene rings is 1. The van der Waals surface area contributed by atoms with E-state index in [1.165, 1.54) is 5.69 Å². The van der Waals surface area contributed by atoms with Crippen LogP contribution in [0.1, 0.15) is 18.1 Å². The summed E-state index contributed by atoms with van der Waals surface area (Å²) in [6.07, 6.45) is 5.49. The zero-order valence-corrected chi connectivity index (χ0v) is 19.4. The predicted octanol–water partition coefficient (Wildman–Crippen LogP) is 5.45. The highest BCUT2D eigenvalue weighted by atomic mass is 32.1. The van der Waals surface area contributed by atoms with Crippen LogP contribution in [-0.2, 0) is 0 Å². The van der Waals surface area contributed by atoms with Gasteiger partial charge in [-0.05, 0) is 36.9 Å². The molecule has 0 unspecified atom stereocenters. The molecule has 0 atom stereocenters. The van der Waals surface area contributed by atoms with Crippen LogP contribution < -0.4 is 10.2 Å². The number of fused-ring (bicyclic) bond motifs is 1. The summed E-state index contributed by atoms with van der Waals surface area (Å²) in [4.78, 5) is 13.9. The highest BCUT2D eigenvalue weighted by Crippen LogP contribution is 2.32. The van der Waals surface area contributed by atoms with Gasteiger partial charge in [-0.15, -0.1) is 11.3 Å². The van der Waals surface area contributed by atoms with E-state index in [0.717, 1.165) is 65.6 Å². The van der Waals surface area contributed by atoms with Crippen LogP contribution in [0.5, 0.6) is 5.75 Å². The van der Waals surface area contributed by atoms with E-state index in [-0.39, 0.29) is 5.75 Å². The molecule has 0 spiro atoms. The lowest BCUT2D eigenvalue weighted by Crippen LogP contribution is -2.46. The quantitative estimate of drug-likeness (QED) is 0.401. The number of piperazine rings is 1. The van der Waals surface area contributed by atoms with Crippen molar-refractivity contribution in [1.82, 2.24) is 14.9 Å². The minimum Gasteiger partial charge on any atom is -0.507 e. The highest BCUT2D eigenvalue weighted by Gasteiger charge is 2.16. The monoisotopic (exact) mass is 457 g/mol. The Hall–Kier alpha value is -3.42. The summed E-state index contributed by atoms with van der Waals surface area (Å²) < 4.78 is 1.01. The summed E-state index contributed by atoms with van der Waals surface area (Å²) in [6, 6.07) is 15.9. The van der Waals surface area contributed by atoms with Crippen LogP contribution in [0.4, 0.5) is 17.2 Å². The van der Waals surface area contributed by atoms with Gasteiger partial charge in [0.1, 0.15) is 12.1 Å². The fourth-order valence-corrected chi connectivity index (χ4v) is 5.03. The summed E-state index contributed by atoms with van der Waals surface area (Å²) in [5, 5.41) is 15.5. The van der Waals surface area contributed by atoms with Gasteiger partial charge in [-0.1, -0.05) is 37.3 Å². The lowest BCUT2D eigenvalue weighted by molar-refractivity contribution is 0.271. The van der Waals surface area contributed by atoms with Gasteiger partial charge in [0, 0.05) is 54.1 Å². The number of nitrogens with one attached hydrogen (secondary N) is 1. The third kappa shape index (κ3) is 4.69. The van der Waals surface area contributed by atoms with E-state index < -0.39 is 0 Å². The molecule has 1 fully saturated rings. The Morgan fingerprint density at radius 3 is 2.48 bits per heavy atom. The predicted molar refractivity (Wildman–Crippen MR) is 139 cm³/mol. The van der Waals surface area contributed by atoms with Crippen molar-refractivity contribution in [3.05, 3.63) is 71.4 Å². The van der Waals surface area contributed by atoms with Crippen LogP contribution in [0.3, 0.4) is 0 Å². The standard InChI is InChI=1S/C26H27N5OS/c1-2-30-13-15-31(16-14-30)22-11-9-21(10-12-22)29-26-25-24(27-18-28-26)20(17-33-25)8-7-19-5-3-4-6-23(19)32/h3-12,17-18,32H,2,13-16H2,1H3,(H,27,28,29)/b8-7+. The van der Waals surface area contributed by atoms with Crippen molar-refractivity contribution in [1.29, 1.82) is 0 Å². The second-order valence-electron chi connectivity index (χ2n) is 8.08. The number of aromatic hydroxyl groups is 1. The summed E-state index contributed by atoms with van der Waals surface area (Å²) in [6.45, 7) is 7.72. The van der Waals surface area contributed by atoms with E-state index >= 15 is 0 Å². The minimum absolute atomic E-state index is 0.265. The Balaban J connectivity index is 1.32. The summed E-state index contributed by atoms with van der Waals surface area (Å²) >= 11 is 1.61. The first kappa shape index (κ1) is 21.4. The van der Waals surface area contributed by atoms with E-state index in [1.807, 2.05) is 30.4 Å². The fraction of sp³-hybridized carbons (Fsp3) is 0.231. The number of rotatable bonds is 6. The van der Waals surface area contributed by atoms with Gasteiger partial charge < -0.3 is 20.2 Å². The molecule has 0 aliphatic carbocycles. The molecule has 0 amide bonds. The number of anilines is 3. The van der Waals surface area contributed by atoms with Gasteiger partial charge in [-0.3, -0.25) is 0 Å². The average molecular weight is 458 g/mol. The normalized spacial score (nSPS) is 14.9. The lowest BCUT2D eigenvalue weighted by atomic mass is 10.1. The molecule has 0 saturated carbocycles. The molecule has 0 bridgehead atoms. The van der Waals surface area contributed by atoms with Crippen LogP contribution in [0.15, 0.2) is 60.2 Å². The Bertz CT molecular complexity index is 1260. The number of hydrogen-bond donors (Lipinski definition) is 2. The van der Waals surface area contributed by atoms with Crippen molar-refractivity contribution >= 4 is 50.9 Å². The number of phenolic OH excluding ortho intramolecular Hbond substituents is 1. The summed E-state index contributed by atoms with van der Waals surface area (Å²) in [5.41, 5.74) is 4.95. The van der Waals surface area contributed by atoms with Gasteiger partial charge in [-0.2, -0.15) is 0 Å². The third-order valence-electron chi connectivity index (χ3n) is 6.07. The largest absolute Gasteiger partial charge is 0.507 e. The van der Waals surface area contributed by atoms with Crippen molar-refractivity contribution in [2.24, 2.45) is 0 Å². The number of para-hydroxylation sites is 1. The number of phenols is 1. The van der Waals surface area contributed by atoms with Gasteiger partial charge in [-0.25, -0.2) is 9.97 Å². The van der Waals surface area contributed by atoms with Gasteiger partial charge in [0.25, 0.3) is 0 Å². The van der Waals surface area contributed by atoms with E-state index in [2.05, 4.69) is 61.7 Å². The molecule has 7 heteroatoms. The molecular formula is C26H27N5OS. The van der Waals surface area contributed by atoms with Crippen LogP contribution in [0.2, 0.25) is 0 Å². The molecule has 168 valence electrons. The first-order valence-electron chi connectivity index (χ1n) is 11.2. The summed E-state index contributed by atoms with van der Waals surface area (Å²) in [5.74, 6) is 1.07. The SMILES string of the molecule is CCN1CCN(c2ccc(Nc3ncnc4c(/C=C/c5ccccc5O)csc34)cc2)CC1. The minimum atomic E-state index is 0.265. The van der Waals surface area contributed by atoms with Crippen LogP contribution in [0.25, 0.3) is 22.4 Å². The Kier molecular flexibility index (Phi) is 6.24. The van der Waals surface area contributed by atoms with Crippen LogP contribution >= 0.6 is 11.3 Å². The topological polar surface area (TPSA) is 64.5 Å². The van der Waals surface area contributed by atoms with Crippen molar-refractivity contribution < 1.29 is 5.11 Å². The van der Waals surface area contributed by atoms with Gasteiger partial charge in [0.2, 0.25) is 0 Å². The fourth-order valence-electron chi connectivity index (χ4n) is 4.10. The number of likely N-dealkylation sites (N-methyl/N-ethyl adjacent to an activating group) is 1. The number of nitrogens with zero attached hydrogens (tertiary/aromatic N) is 4. The van der Waals surface area contributed by atoms with Crippen molar-refractivity contribution in [2.75, 3.05) is 42.9 Å². The Morgan fingerprint density at radius 2 is 1.73 bits per heavy atom. The van der Waals surface area contributed by atoms with Crippen molar-refractivity contribution in [3.8, 4) is 5.75 Å². The Labute approximate surface area is 197 Å². The molecule has 5 rings (SSSR count). The average Bonchev–Trinajstić information content (AvgIpc) is 3.28. The highest BCUT2D eigenvalue weighted by molar-refractivity contribution is 7.18. The second-order valence-corrected chi connectivity index (χ2v) is 8.96. The number of hydrogen-bond acceptors (Lipinski definition) is 7. The molecule has 3 heterocycles. The molecule has 6 nitrogen and oxygen atoms in total. The van der Waals surface area contributed by atoms with Crippen molar-refractivity contribution in [2.45, 2.75) is 6.92 Å². The molecule has 1 aliphatic heterocycles. The third-order valence-corrected chi connectivity index (χ3v) is 7.07. The number of aromatic nitrogens is 2. The van der Waals surface area contributed by atoms with Crippen LogP contribution in [-0.4, -0.2) is 52.7 Å². The van der Waals surface area contributed by atoms with E-state index in [9.17, 15) is 5.11 Å². The molecule has 2 N–H and O–H groups in total. The molecule has 1 aliphatic rings. The smallest absolute Gasteiger partial charge is 0.151 e. The first-order chi connectivity index (χ1) is 16.2. The van der Waals surface area contributed by atoms with E-state index in [4.69, 9.17) is 0 Å². The van der Waals surface area contributed by atoms with Crippen LogP contribution in [0, 0.1) is 0 Å². The molecule has 2 aromatic heterocycles. The molecule has 33 heavy (non-hydrogen) atoms. The maximum absolute atomic E-state index is 10.00. The van der Waals surface area contributed by atoms with E-state index in [1.54, 1.807) is 23.7 Å². The van der Waals surface area contributed by atoms with Crippen molar-refractivity contribution in [3.63, 3.8) is 0 Å². The number of benzene rings is 2. The molecular weight excluding hydrogens is 430 g/mol. The van der Waals surface area contributed by atoms with Gasteiger partial charge >= 0.3 is 0 Å².